The van der Waals surface area contributed by atoms with Crippen LogP contribution < -0.4 is 10.6 Å². The molecule has 0 unspecified atom stereocenters. The van der Waals surface area contributed by atoms with Gasteiger partial charge in [-0.15, -0.1) is 11.3 Å². The summed E-state index contributed by atoms with van der Waals surface area (Å²) >= 11 is 4.84. The van der Waals surface area contributed by atoms with Crippen molar-refractivity contribution in [1.29, 1.82) is 0 Å². The fourth-order valence-electron chi connectivity index (χ4n) is 2.46. The topological polar surface area (TPSA) is 41.1 Å². The quantitative estimate of drug-likeness (QED) is 0.633. The van der Waals surface area contributed by atoms with E-state index in [1.54, 1.807) is 0 Å². The average Bonchev–Trinajstić information content (AvgIpc) is 2.68. The van der Waals surface area contributed by atoms with Crippen LogP contribution in [0.2, 0.25) is 0 Å². The smallest absolute Gasteiger partial charge is 0.261 e. The van der Waals surface area contributed by atoms with Crippen molar-refractivity contribution in [2.24, 2.45) is 0 Å². The molecule has 0 spiro atoms. The van der Waals surface area contributed by atoms with E-state index in [0.717, 1.165) is 15.2 Å². The first-order valence-corrected chi connectivity index (χ1v) is 8.63. The number of thiophene rings is 1. The van der Waals surface area contributed by atoms with Crippen LogP contribution in [0.1, 0.15) is 48.2 Å². The molecule has 1 amide bonds. The van der Waals surface area contributed by atoms with Gasteiger partial charge in [-0.2, -0.15) is 0 Å². The molecule has 0 radical (unpaired) electrons. The minimum Gasteiger partial charge on any atom is -0.350 e. The number of carbonyl (C=O) groups excluding carboxylic acids is 1. The fourth-order valence-corrected chi connectivity index (χ4v) is 3.76. The largest absolute Gasteiger partial charge is 0.350 e. The van der Waals surface area contributed by atoms with Gasteiger partial charge in [0.25, 0.3) is 5.91 Å². The van der Waals surface area contributed by atoms with Crippen LogP contribution in [0, 0.1) is 0 Å². The monoisotopic (exact) mass is 344 g/mol. The molecule has 1 heterocycles. The Kier molecular flexibility index (Phi) is 6.34. The van der Waals surface area contributed by atoms with Gasteiger partial charge in [0, 0.05) is 19.1 Å². The Bertz CT molecular complexity index is 400. The summed E-state index contributed by atoms with van der Waals surface area (Å²) in [5, 5.41) is 6.51. The van der Waals surface area contributed by atoms with E-state index in [1.165, 1.54) is 49.9 Å². The third-order valence-electron chi connectivity index (χ3n) is 3.50. The van der Waals surface area contributed by atoms with E-state index in [4.69, 9.17) is 0 Å². The van der Waals surface area contributed by atoms with Crippen LogP contribution in [-0.4, -0.2) is 25.0 Å². The molecule has 0 saturated heterocycles. The highest BCUT2D eigenvalue weighted by atomic mass is 79.9. The highest BCUT2D eigenvalue weighted by Gasteiger charge is 2.11. The van der Waals surface area contributed by atoms with Crippen molar-refractivity contribution >= 4 is 33.2 Å². The van der Waals surface area contributed by atoms with E-state index in [2.05, 4.69) is 26.6 Å². The van der Waals surface area contributed by atoms with E-state index in [0.29, 0.717) is 12.6 Å². The SMILES string of the molecule is O=C(NCCNC1CCCCCC1)c1ccc(Br)s1. The molecule has 1 aliphatic rings. The summed E-state index contributed by atoms with van der Waals surface area (Å²) in [6.07, 6.45) is 8.00. The Morgan fingerprint density at radius 2 is 1.95 bits per heavy atom. The fraction of sp³-hybridized carbons (Fsp3) is 0.643. The molecule has 0 aromatic carbocycles. The van der Waals surface area contributed by atoms with Gasteiger partial charge in [-0.05, 0) is 40.9 Å². The highest BCUT2D eigenvalue weighted by Crippen LogP contribution is 2.21. The predicted molar refractivity (Wildman–Crippen MR) is 83.8 cm³/mol. The molecule has 2 rings (SSSR count). The van der Waals surface area contributed by atoms with Crippen LogP contribution in [0.5, 0.6) is 0 Å². The second kappa shape index (κ2) is 8.02. The second-order valence-corrected chi connectivity index (χ2v) is 7.47. The van der Waals surface area contributed by atoms with Crippen LogP contribution in [0.25, 0.3) is 0 Å². The van der Waals surface area contributed by atoms with E-state index < -0.39 is 0 Å². The van der Waals surface area contributed by atoms with Gasteiger partial charge < -0.3 is 10.6 Å². The van der Waals surface area contributed by atoms with Crippen LogP contribution >= 0.6 is 27.3 Å². The molecule has 19 heavy (non-hydrogen) atoms. The van der Waals surface area contributed by atoms with Crippen molar-refractivity contribution in [3.05, 3.63) is 20.8 Å². The van der Waals surface area contributed by atoms with E-state index in [-0.39, 0.29) is 5.91 Å². The Balaban J connectivity index is 1.62. The summed E-state index contributed by atoms with van der Waals surface area (Å²) in [6, 6.07) is 4.40. The van der Waals surface area contributed by atoms with E-state index >= 15 is 0 Å². The lowest BCUT2D eigenvalue weighted by Crippen LogP contribution is -2.36. The summed E-state index contributed by atoms with van der Waals surface area (Å²) in [7, 11) is 0. The van der Waals surface area contributed by atoms with Gasteiger partial charge in [-0.1, -0.05) is 25.7 Å². The molecule has 106 valence electrons. The van der Waals surface area contributed by atoms with Crippen LogP contribution in [-0.2, 0) is 0 Å². The molecule has 1 saturated carbocycles. The van der Waals surface area contributed by atoms with Crippen molar-refractivity contribution in [3.8, 4) is 0 Å². The summed E-state index contributed by atoms with van der Waals surface area (Å²) in [5.74, 6) is 0.0263. The first kappa shape index (κ1) is 15.0. The number of amides is 1. The molecule has 0 bridgehead atoms. The summed E-state index contributed by atoms with van der Waals surface area (Å²) < 4.78 is 0.995. The summed E-state index contributed by atoms with van der Waals surface area (Å²) in [4.78, 5) is 12.6. The van der Waals surface area contributed by atoms with Gasteiger partial charge in [-0.25, -0.2) is 0 Å². The molecular weight excluding hydrogens is 324 g/mol. The zero-order valence-electron chi connectivity index (χ0n) is 11.1. The lowest BCUT2D eigenvalue weighted by atomic mass is 10.1. The molecule has 1 fully saturated rings. The van der Waals surface area contributed by atoms with Crippen LogP contribution in [0.3, 0.4) is 0 Å². The van der Waals surface area contributed by atoms with Gasteiger partial charge in [0.2, 0.25) is 0 Å². The molecule has 1 aliphatic carbocycles. The average molecular weight is 345 g/mol. The molecule has 3 nitrogen and oxygen atoms in total. The van der Waals surface area contributed by atoms with Crippen molar-refractivity contribution in [3.63, 3.8) is 0 Å². The van der Waals surface area contributed by atoms with E-state index in [9.17, 15) is 4.79 Å². The lowest BCUT2D eigenvalue weighted by Gasteiger charge is -2.16. The van der Waals surface area contributed by atoms with Gasteiger partial charge in [-0.3, -0.25) is 4.79 Å². The zero-order valence-corrected chi connectivity index (χ0v) is 13.5. The number of hydrogen-bond donors (Lipinski definition) is 2. The summed E-state index contributed by atoms with van der Waals surface area (Å²) in [5.41, 5.74) is 0. The minimum atomic E-state index is 0.0263. The third-order valence-corrected chi connectivity index (χ3v) is 5.12. The molecule has 1 aromatic heterocycles. The molecule has 1 aromatic rings. The number of carbonyl (C=O) groups is 1. The number of rotatable bonds is 5. The normalized spacial score (nSPS) is 17.1. The predicted octanol–water partition coefficient (Wildman–Crippen LogP) is 3.55. The maximum Gasteiger partial charge on any atom is 0.261 e. The van der Waals surface area contributed by atoms with Crippen molar-refractivity contribution in [2.75, 3.05) is 13.1 Å². The summed E-state index contributed by atoms with van der Waals surface area (Å²) in [6.45, 7) is 1.56. The number of halogens is 1. The van der Waals surface area contributed by atoms with Crippen LogP contribution in [0.4, 0.5) is 0 Å². The van der Waals surface area contributed by atoms with Gasteiger partial charge in [0.05, 0.1) is 8.66 Å². The second-order valence-electron chi connectivity index (χ2n) is 5.00. The Hall–Kier alpha value is -0.390. The maximum absolute atomic E-state index is 11.8. The molecular formula is C14H21BrN2OS. The lowest BCUT2D eigenvalue weighted by molar-refractivity contribution is 0.0957. The first-order valence-electron chi connectivity index (χ1n) is 7.02. The number of hydrogen-bond acceptors (Lipinski definition) is 3. The van der Waals surface area contributed by atoms with Crippen molar-refractivity contribution < 1.29 is 4.79 Å². The molecule has 0 atom stereocenters. The minimum absolute atomic E-state index is 0.0263. The molecule has 2 N–H and O–H groups in total. The standard InChI is InChI=1S/C14H21BrN2OS/c15-13-8-7-12(19-13)14(18)17-10-9-16-11-5-3-1-2-4-6-11/h7-8,11,16H,1-6,9-10H2,(H,17,18). The van der Waals surface area contributed by atoms with Gasteiger partial charge in [0.15, 0.2) is 0 Å². The highest BCUT2D eigenvalue weighted by molar-refractivity contribution is 9.11. The molecule has 5 heteroatoms. The first-order chi connectivity index (χ1) is 9.25. The van der Waals surface area contributed by atoms with Crippen LogP contribution in [0.15, 0.2) is 15.9 Å². The Morgan fingerprint density at radius 1 is 1.21 bits per heavy atom. The zero-order chi connectivity index (χ0) is 13.5. The van der Waals surface area contributed by atoms with Gasteiger partial charge in [0.1, 0.15) is 0 Å². The van der Waals surface area contributed by atoms with Crippen molar-refractivity contribution in [2.45, 2.75) is 44.6 Å². The van der Waals surface area contributed by atoms with E-state index in [1.807, 2.05) is 12.1 Å². The van der Waals surface area contributed by atoms with Gasteiger partial charge >= 0.3 is 0 Å². The third kappa shape index (κ3) is 5.24. The molecule has 0 aliphatic heterocycles. The Morgan fingerprint density at radius 3 is 2.58 bits per heavy atom. The Labute approximate surface area is 127 Å². The number of nitrogens with one attached hydrogen (secondary N) is 2. The maximum atomic E-state index is 11.8. The van der Waals surface area contributed by atoms with Crippen molar-refractivity contribution in [1.82, 2.24) is 10.6 Å².